The van der Waals surface area contributed by atoms with Crippen LogP contribution >= 0.6 is 11.6 Å². The van der Waals surface area contributed by atoms with E-state index in [0.29, 0.717) is 13.1 Å². The Kier molecular flexibility index (Phi) is 6.07. The van der Waals surface area contributed by atoms with Crippen molar-refractivity contribution in [3.05, 3.63) is 34.9 Å². The van der Waals surface area contributed by atoms with Crippen LogP contribution in [0.4, 0.5) is 0 Å². The zero-order valence-corrected chi connectivity index (χ0v) is 11.8. The predicted molar refractivity (Wildman–Crippen MR) is 76.4 cm³/mol. The fourth-order valence-corrected chi connectivity index (χ4v) is 2.39. The van der Waals surface area contributed by atoms with E-state index < -0.39 is 0 Å². The van der Waals surface area contributed by atoms with Gasteiger partial charge in [-0.25, -0.2) is 0 Å². The molecule has 0 amide bonds. The van der Waals surface area contributed by atoms with Crippen LogP contribution in [0.25, 0.3) is 0 Å². The number of rotatable bonds is 6. The van der Waals surface area contributed by atoms with Gasteiger partial charge in [0.25, 0.3) is 0 Å². The number of morpholine rings is 1. The molecule has 4 nitrogen and oxygen atoms in total. The lowest BCUT2D eigenvalue weighted by Crippen LogP contribution is -2.43. The molecular weight excluding hydrogens is 264 g/mol. The Morgan fingerprint density at radius 1 is 1.37 bits per heavy atom. The van der Waals surface area contributed by atoms with E-state index in [1.54, 1.807) is 0 Å². The van der Waals surface area contributed by atoms with E-state index in [1.807, 2.05) is 24.3 Å². The Morgan fingerprint density at radius 3 is 2.89 bits per heavy atom. The van der Waals surface area contributed by atoms with E-state index in [2.05, 4.69) is 10.2 Å². The molecule has 1 aliphatic heterocycles. The van der Waals surface area contributed by atoms with Crippen LogP contribution in [0.15, 0.2) is 24.3 Å². The predicted octanol–water partition coefficient (Wildman–Crippen LogP) is 1.12. The number of aliphatic hydroxyl groups excluding tert-OH is 1. The van der Waals surface area contributed by atoms with Crippen molar-refractivity contribution >= 4 is 11.6 Å². The van der Waals surface area contributed by atoms with Crippen molar-refractivity contribution in [3.8, 4) is 0 Å². The standard InChI is InChI=1S/C14H21ClN2O2/c15-13-3-1-2-12(8-13)9-16-10-14(18)11-17-4-6-19-7-5-17/h1-3,8,14,16,18H,4-7,9-11H2. The quantitative estimate of drug-likeness (QED) is 0.822. The van der Waals surface area contributed by atoms with Crippen LogP contribution in [0.5, 0.6) is 0 Å². The average Bonchev–Trinajstić information content (AvgIpc) is 2.40. The Morgan fingerprint density at radius 2 is 2.16 bits per heavy atom. The highest BCUT2D eigenvalue weighted by Crippen LogP contribution is 2.10. The van der Waals surface area contributed by atoms with E-state index in [1.165, 1.54) is 0 Å². The summed E-state index contributed by atoms with van der Waals surface area (Å²) in [5.74, 6) is 0. The maximum absolute atomic E-state index is 9.96. The van der Waals surface area contributed by atoms with Crippen LogP contribution in [-0.4, -0.2) is 55.5 Å². The molecule has 1 aliphatic rings. The smallest absolute Gasteiger partial charge is 0.0791 e. The van der Waals surface area contributed by atoms with Crippen molar-refractivity contribution in [1.29, 1.82) is 0 Å². The number of nitrogens with one attached hydrogen (secondary N) is 1. The summed E-state index contributed by atoms with van der Waals surface area (Å²) in [5, 5.41) is 14.0. The van der Waals surface area contributed by atoms with Crippen molar-refractivity contribution < 1.29 is 9.84 Å². The minimum Gasteiger partial charge on any atom is -0.390 e. The van der Waals surface area contributed by atoms with Crippen molar-refractivity contribution in [2.75, 3.05) is 39.4 Å². The van der Waals surface area contributed by atoms with Crippen molar-refractivity contribution in [2.45, 2.75) is 12.6 Å². The van der Waals surface area contributed by atoms with E-state index in [0.717, 1.165) is 43.4 Å². The number of halogens is 1. The number of nitrogens with zero attached hydrogens (tertiary/aromatic N) is 1. The molecule has 1 aromatic carbocycles. The molecule has 1 atom stereocenters. The van der Waals surface area contributed by atoms with Gasteiger partial charge in [0.15, 0.2) is 0 Å². The summed E-state index contributed by atoms with van der Waals surface area (Å²) in [6.07, 6.45) is -0.350. The summed E-state index contributed by atoms with van der Waals surface area (Å²) in [5.41, 5.74) is 1.13. The summed E-state index contributed by atoms with van der Waals surface area (Å²) in [7, 11) is 0. The molecule has 1 unspecified atom stereocenters. The Labute approximate surface area is 119 Å². The van der Waals surface area contributed by atoms with Crippen LogP contribution in [0.3, 0.4) is 0 Å². The van der Waals surface area contributed by atoms with E-state index >= 15 is 0 Å². The molecular formula is C14H21ClN2O2. The topological polar surface area (TPSA) is 44.7 Å². The van der Waals surface area contributed by atoms with Gasteiger partial charge in [-0.05, 0) is 17.7 Å². The third kappa shape index (κ3) is 5.47. The number of β-amino-alcohol motifs (C(OH)–C–C–N with tert-alkyl or cyclic N) is 1. The van der Waals surface area contributed by atoms with Crippen molar-refractivity contribution in [1.82, 2.24) is 10.2 Å². The fraction of sp³-hybridized carbons (Fsp3) is 0.571. The van der Waals surface area contributed by atoms with E-state index in [9.17, 15) is 5.11 Å². The Balaban J connectivity index is 1.64. The number of aliphatic hydroxyl groups is 1. The molecule has 1 aromatic rings. The van der Waals surface area contributed by atoms with Gasteiger partial charge in [0.1, 0.15) is 0 Å². The normalized spacial score (nSPS) is 18.4. The van der Waals surface area contributed by atoms with Crippen LogP contribution < -0.4 is 5.32 Å². The molecule has 19 heavy (non-hydrogen) atoms. The summed E-state index contributed by atoms with van der Waals surface area (Å²) in [6, 6.07) is 7.75. The van der Waals surface area contributed by atoms with Gasteiger partial charge in [-0.1, -0.05) is 23.7 Å². The lowest BCUT2D eigenvalue weighted by molar-refractivity contribution is 0.0149. The van der Waals surface area contributed by atoms with Crippen LogP contribution in [0.2, 0.25) is 5.02 Å². The van der Waals surface area contributed by atoms with Crippen molar-refractivity contribution in [2.24, 2.45) is 0 Å². The summed E-state index contributed by atoms with van der Waals surface area (Å²) in [6.45, 7) is 5.36. The third-order valence-electron chi connectivity index (χ3n) is 3.17. The van der Waals surface area contributed by atoms with Crippen LogP contribution in [0.1, 0.15) is 5.56 Å². The first-order valence-electron chi connectivity index (χ1n) is 6.67. The highest BCUT2D eigenvalue weighted by Gasteiger charge is 2.14. The molecule has 1 fully saturated rings. The second-order valence-corrected chi connectivity index (χ2v) is 5.26. The van der Waals surface area contributed by atoms with E-state index in [-0.39, 0.29) is 6.10 Å². The third-order valence-corrected chi connectivity index (χ3v) is 3.41. The average molecular weight is 285 g/mol. The van der Waals surface area contributed by atoms with Crippen LogP contribution in [0, 0.1) is 0 Å². The number of ether oxygens (including phenoxy) is 1. The van der Waals surface area contributed by atoms with Gasteiger partial charge >= 0.3 is 0 Å². The molecule has 1 heterocycles. The van der Waals surface area contributed by atoms with Gasteiger partial charge in [-0.2, -0.15) is 0 Å². The van der Waals surface area contributed by atoms with Gasteiger partial charge in [-0.15, -0.1) is 0 Å². The SMILES string of the molecule is OC(CNCc1cccc(Cl)c1)CN1CCOCC1. The van der Waals surface area contributed by atoms with Gasteiger partial charge in [0.2, 0.25) is 0 Å². The summed E-state index contributed by atoms with van der Waals surface area (Å²) in [4.78, 5) is 2.23. The minimum atomic E-state index is -0.350. The van der Waals surface area contributed by atoms with Crippen LogP contribution in [-0.2, 0) is 11.3 Å². The lowest BCUT2D eigenvalue weighted by atomic mass is 10.2. The second-order valence-electron chi connectivity index (χ2n) is 4.83. The molecule has 5 heteroatoms. The summed E-state index contributed by atoms with van der Waals surface area (Å²) >= 11 is 5.92. The number of hydrogen-bond donors (Lipinski definition) is 2. The first-order valence-corrected chi connectivity index (χ1v) is 7.05. The highest BCUT2D eigenvalue weighted by atomic mass is 35.5. The zero-order chi connectivity index (χ0) is 13.5. The molecule has 0 spiro atoms. The lowest BCUT2D eigenvalue weighted by Gasteiger charge is -2.28. The Bertz CT molecular complexity index is 383. The molecule has 2 N–H and O–H groups in total. The van der Waals surface area contributed by atoms with Gasteiger partial charge in [0, 0.05) is 37.7 Å². The molecule has 0 saturated carbocycles. The monoisotopic (exact) mass is 284 g/mol. The number of benzene rings is 1. The molecule has 0 aromatic heterocycles. The molecule has 0 aliphatic carbocycles. The fourth-order valence-electron chi connectivity index (χ4n) is 2.18. The first-order chi connectivity index (χ1) is 9.24. The highest BCUT2D eigenvalue weighted by molar-refractivity contribution is 6.30. The van der Waals surface area contributed by atoms with Gasteiger partial charge < -0.3 is 15.2 Å². The molecule has 2 rings (SSSR count). The number of hydrogen-bond acceptors (Lipinski definition) is 4. The van der Waals surface area contributed by atoms with Gasteiger partial charge in [-0.3, -0.25) is 4.90 Å². The molecule has 106 valence electrons. The Hall–Kier alpha value is -0.650. The van der Waals surface area contributed by atoms with Crippen molar-refractivity contribution in [3.63, 3.8) is 0 Å². The van der Waals surface area contributed by atoms with E-state index in [4.69, 9.17) is 16.3 Å². The molecule has 0 radical (unpaired) electrons. The molecule has 1 saturated heterocycles. The second kappa shape index (κ2) is 7.82. The van der Waals surface area contributed by atoms with Gasteiger partial charge in [0.05, 0.1) is 19.3 Å². The maximum Gasteiger partial charge on any atom is 0.0791 e. The molecule has 0 bridgehead atoms. The maximum atomic E-state index is 9.96. The first kappa shape index (κ1) is 14.8. The zero-order valence-electron chi connectivity index (χ0n) is 11.0. The minimum absolute atomic E-state index is 0.350. The summed E-state index contributed by atoms with van der Waals surface area (Å²) < 4.78 is 5.28. The largest absolute Gasteiger partial charge is 0.390 e.